The molecule has 1 aliphatic carbocycles. The average Bonchev–Trinajstić information content (AvgIpc) is 2.95. The van der Waals surface area contributed by atoms with Gasteiger partial charge in [-0.1, -0.05) is 18.2 Å². The Labute approximate surface area is 144 Å². The van der Waals surface area contributed by atoms with Crippen molar-refractivity contribution in [1.82, 2.24) is 4.90 Å². The molecule has 0 spiro atoms. The third-order valence-electron chi connectivity index (χ3n) is 5.01. The Kier molecular flexibility index (Phi) is 4.86. The van der Waals surface area contributed by atoms with E-state index in [2.05, 4.69) is 18.2 Å². The maximum absolute atomic E-state index is 12.3. The van der Waals surface area contributed by atoms with Gasteiger partial charge in [-0.2, -0.15) is 0 Å². The molecule has 0 bridgehead atoms. The van der Waals surface area contributed by atoms with Gasteiger partial charge in [0.15, 0.2) is 0 Å². The molecule has 3 rings (SSSR count). The number of benzene rings is 1. The Morgan fingerprint density at radius 3 is 2.79 bits per heavy atom. The Morgan fingerprint density at radius 1 is 1.29 bits per heavy atom. The lowest BCUT2D eigenvalue weighted by atomic mass is 9.88. The maximum Gasteiger partial charge on any atom is 0.410 e. The molecule has 1 aliphatic heterocycles. The van der Waals surface area contributed by atoms with E-state index in [4.69, 9.17) is 4.74 Å². The number of hydrogen-bond acceptors (Lipinski definition) is 3. The summed E-state index contributed by atoms with van der Waals surface area (Å²) in [4.78, 5) is 14.0. The van der Waals surface area contributed by atoms with Crippen LogP contribution in [0.3, 0.4) is 0 Å². The number of nitrogens with zero attached hydrogens (tertiary/aromatic N) is 1. The number of aliphatic hydroxyl groups is 1. The van der Waals surface area contributed by atoms with Crippen molar-refractivity contribution in [3.05, 3.63) is 34.9 Å². The lowest BCUT2D eigenvalue weighted by Crippen LogP contribution is -2.48. The molecule has 0 aromatic heterocycles. The van der Waals surface area contributed by atoms with E-state index >= 15 is 0 Å². The van der Waals surface area contributed by atoms with E-state index < -0.39 is 5.60 Å². The molecule has 2 atom stereocenters. The number of carbonyl (C=O) groups is 1. The topological polar surface area (TPSA) is 49.8 Å². The summed E-state index contributed by atoms with van der Waals surface area (Å²) in [5, 5.41) is 10.4. The van der Waals surface area contributed by atoms with Gasteiger partial charge in [0.25, 0.3) is 0 Å². The highest BCUT2D eigenvalue weighted by Crippen LogP contribution is 2.27. The number of ether oxygens (including phenoxy) is 1. The lowest BCUT2D eigenvalue weighted by Gasteiger charge is -2.37. The van der Waals surface area contributed by atoms with E-state index in [1.54, 1.807) is 4.90 Å². The SMILES string of the molecule is CC(C)(C)OC(=O)N1CCC(O)C(Cc2ccc3c(c2)CCC3)C1. The fraction of sp³-hybridized carbons (Fsp3) is 0.650. The summed E-state index contributed by atoms with van der Waals surface area (Å²) in [5.41, 5.74) is 3.72. The summed E-state index contributed by atoms with van der Waals surface area (Å²) in [5.74, 6) is 0.0747. The molecule has 1 amide bonds. The largest absolute Gasteiger partial charge is 0.444 e. The summed E-state index contributed by atoms with van der Waals surface area (Å²) >= 11 is 0. The summed E-state index contributed by atoms with van der Waals surface area (Å²) < 4.78 is 5.48. The van der Waals surface area contributed by atoms with Gasteiger partial charge in [0.1, 0.15) is 5.60 Å². The molecule has 2 unspecified atom stereocenters. The quantitative estimate of drug-likeness (QED) is 0.904. The lowest BCUT2D eigenvalue weighted by molar-refractivity contribution is -0.00824. The van der Waals surface area contributed by atoms with Crippen molar-refractivity contribution in [3.63, 3.8) is 0 Å². The first-order chi connectivity index (χ1) is 11.3. The molecule has 1 aromatic rings. The molecule has 24 heavy (non-hydrogen) atoms. The fourth-order valence-corrected chi connectivity index (χ4v) is 3.77. The predicted octanol–water partition coefficient (Wildman–Crippen LogP) is 3.34. The first-order valence-corrected chi connectivity index (χ1v) is 9.08. The van der Waals surface area contributed by atoms with Crippen molar-refractivity contribution in [3.8, 4) is 0 Å². The van der Waals surface area contributed by atoms with Crippen molar-refractivity contribution < 1.29 is 14.6 Å². The Hall–Kier alpha value is -1.55. The van der Waals surface area contributed by atoms with Crippen LogP contribution in [-0.2, 0) is 24.0 Å². The van der Waals surface area contributed by atoms with E-state index in [1.807, 2.05) is 20.8 Å². The molecule has 1 fully saturated rings. The minimum atomic E-state index is -0.484. The number of aliphatic hydroxyl groups excluding tert-OH is 1. The van der Waals surface area contributed by atoms with E-state index in [9.17, 15) is 9.90 Å². The second-order valence-corrected chi connectivity index (χ2v) is 8.20. The highest BCUT2D eigenvalue weighted by atomic mass is 16.6. The average molecular weight is 331 g/mol. The van der Waals surface area contributed by atoms with Gasteiger partial charge in [-0.3, -0.25) is 0 Å². The number of fused-ring (bicyclic) bond motifs is 1. The summed E-state index contributed by atoms with van der Waals surface area (Å²) in [6.07, 6.45) is 4.42. The number of hydrogen-bond donors (Lipinski definition) is 1. The Balaban J connectivity index is 1.65. The smallest absolute Gasteiger partial charge is 0.410 e. The van der Waals surface area contributed by atoms with Crippen LogP contribution in [0.5, 0.6) is 0 Å². The van der Waals surface area contributed by atoms with Crippen molar-refractivity contribution in [2.75, 3.05) is 13.1 Å². The van der Waals surface area contributed by atoms with Crippen molar-refractivity contribution in [2.24, 2.45) is 5.92 Å². The second-order valence-electron chi connectivity index (χ2n) is 8.20. The van der Waals surface area contributed by atoms with Gasteiger partial charge in [0.05, 0.1) is 6.10 Å². The Bertz CT molecular complexity index is 605. The van der Waals surface area contributed by atoms with Gasteiger partial charge in [-0.25, -0.2) is 4.79 Å². The number of carbonyl (C=O) groups excluding carboxylic acids is 1. The van der Waals surface area contributed by atoms with E-state index in [1.165, 1.54) is 36.0 Å². The minimum absolute atomic E-state index is 0.0747. The maximum atomic E-state index is 12.3. The molecular formula is C20H29NO3. The van der Waals surface area contributed by atoms with Crippen LogP contribution in [0.4, 0.5) is 4.79 Å². The van der Waals surface area contributed by atoms with Crippen LogP contribution in [0.2, 0.25) is 0 Å². The molecule has 1 saturated heterocycles. The molecule has 1 N–H and O–H groups in total. The number of rotatable bonds is 2. The van der Waals surface area contributed by atoms with E-state index in [0.717, 1.165) is 6.42 Å². The molecule has 1 heterocycles. The van der Waals surface area contributed by atoms with Crippen LogP contribution in [0, 0.1) is 5.92 Å². The summed E-state index contributed by atoms with van der Waals surface area (Å²) in [6, 6.07) is 6.71. The zero-order chi connectivity index (χ0) is 17.3. The van der Waals surface area contributed by atoms with Crippen molar-refractivity contribution in [2.45, 2.75) is 64.6 Å². The molecule has 4 nitrogen and oxygen atoms in total. The third-order valence-corrected chi connectivity index (χ3v) is 5.01. The molecule has 1 aromatic carbocycles. The zero-order valence-electron chi connectivity index (χ0n) is 15.0. The van der Waals surface area contributed by atoms with Crippen LogP contribution in [0.1, 0.15) is 50.3 Å². The van der Waals surface area contributed by atoms with Crippen molar-refractivity contribution >= 4 is 6.09 Å². The number of aryl methyl sites for hydroxylation is 2. The highest BCUT2D eigenvalue weighted by molar-refractivity contribution is 5.68. The van der Waals surface area contributed by atoms with Crippen LogP contribution in [0.25, 0.3) is 0 Å². The molecule has 0 radical (unpaired) electrons. The van der Waals surface area contributed by atoms with E-state index in [-0.39, 0.29) is 18.1 Å². The predicted molar refractivity (Wildman–Crippen MR) is 94.1 cm³/mol. The molecular weight excluding hydrogens is 302 g/mol. The van der Waals surface area contributed by atoms with Gasteiger partial charge in [-0.15, -0.1) is 0 Å². The van der Waals surface area contributed by atoms with E-state index in [0.29, 0.717) is 19.5 Å². The van der Waals surface area contributed by atoms with Gasteiger partial charge >= 0.3 is 6.09 Å². The normalized spacial score (nSPS) is 23.9. The van der Waals surface area contributed by atoms with Crippen LogP contribution < -0.4 is 0 Å². The highest BCUT2D eigenvalue weighted by Gasteiger charge is 2.32. The number of likely N-dealkylation sites (tertiary alicyclic amines) is 1. The summed E-state index contributed by atoms with van der Waals surface area (Å²) in [6.45, 7) is 6.77. The summed E-state index contributed by atoms with van der Waals surface area (Å²) in [7, 11) is 0. The van der Waals surface area contributed by atoms with Crippen LogP contribution >= 0.6 is 0 Å². The van der Waals surface area contributed by atoms with Gasteiger partial charge in [0.2, 0.25) is 0 Å². The first-order valence-electron chi connectivity index (χ1n) is 9.08. The fourth-order valence-electron chi connectivity index (χ4n) is 3.77. The molecule has 4 heteroatoms. The molecule has 2 aliphatic rings. The van der Waals surface area contributed by atoms with Gasteiger partial charge in [-0.05, 0) is 69.6 Å². The van der Waals surface area contributed by atoms with Crippen LogP contribution in [0.15, 0.2) is 18.2 Å². The standard InChI is InChI=1S/C20H29NO3/c1-20(2,3)24-19(23)21-10-9-18(22)17(13-21)12-14-7-8-15-5-4-6-16(15)11-14/h7-8,11,17-18,22H,4-6,9-10,12-13H2,1-3H3. The first kappa shape index (κ1) is 17.3. The second kappa shape index (κ2) is 6.75. The van der Waals surface area contributed by atoms with Crippen LogP contribution in [-0.4, -0.2) is 40.9 Å². The Morgan fingerprint density at radius 2 is 2.04 bits per heavy atom. The monoisotopic (exact) mass is 331 g/mol. The number of amides is 1. The van der Waals surface area contributed by atoms with Gasteiger partial charge < -0.3 is 14.7 Å². The molecule has 0 saturated carbocycles. The van der Waals surface area contributed by atoms with Gasteiger partial charge in [0, 0.05) is 19.0 Å². The van der Waals surface area contributed by atoms with Crippen molar-refractivity contribution in [1.29, 1.82) is 0 Å². The number of piperidine rings is 1. The minimum Gasteiger partial charge on any atom is -0.444 e. The zero-order valence-corrected chi connectivity index (χ0v) is 15.0. The molecule has 132 valence electrons. The third kappa shape index (κ3) is 4.10.